The highest BCUT2D eigenvalue weighted by Gasteiger charge is 2.25. The first-order valence-electron chi connectivity index (χ1n) is 5.67. The summed E-state index contributed by atoms with van der Waals surface area (Å²) < 4.78 is 29.4. The Bertz CT molecular complexity index is 769. The van der Waals surface area contributed by atoms with Gasteiger partial charge in [0.15, 0.2) is 10.7 Å². The Morgan fingerprint density at radius 3 is 2.50 bits per heavy atom. The van der Waals surface area contributed by atoms with E-state index in [4.69, 9.17) is 5.73 Å². The SMILES string of the molecule is Cc1nc(Br)ccc1NS(=O)(=O)c1c(N)nn(C)c1C. The Morgan fingerprint density at radius 2 is 2.00 bits per heavy atom. The lowest BCUT2D eigenvalue weighted by molar-refractivity contribution is 0.600. The first-order chi connectivity index (χ1) is 9.22. The van der Waals surface area contributed by atoms with Gasteiger partial charge >= 0.3 is 0 Å². The number of hydrogen-bond donors (Lipinski definition) is 2. The summed E-state index contributed by atoms with van der Waals surface area (Å²) in [5.74, 6) is -0.0276. The molecule has 108 valence electrons. The van der Waals surface area contributed by atoms with Gasteiger partial charge in [-0.3, -0.25) is 9.40 Å². The van der Waals surface area contributed by atoms with E-state index in [-0.39, 0.29) is 10.7 Å². The lowest BCUT2D eigenvalue weighted by Crippen LogP contribution is -2.16. The highest BCUT2D eigenvalue weighted by molar-refractivity contribution is 9.10. The lowest BCUT2D eigenvalue weighted by Gasteiger charge is -2.10. The highest BCUT2D eigenvalue weighted by Crippen LogP contribution is 2.25. The van der Waals surface area contributed by atoms with E-state index in [9.17, 15) is 8.42 Å². The molecule has 0 aliphatic heterocycles. The Labute approximate surface area is 125 Å². The third kappa shape index (κ3) is 2.63. The Balaban J connectivity index is 2.46. The molecule has 3 N–H and O–H groups in total. The van der Waals surface area contributed by atoms with Crippen LogP contribution in [0.5, 0.6) is 0 Å². The molecule has 2 rings (SSSR count). The topological polar surface area (TPSA) is 103 Å². The molecular weight excluding hydrogens is 346 g/mol. The van der Waals surface area contributed by atoms with Gasteiger partial charge in [-0.1, -0.05) is 0 Å². The maximum atomic E-state index is 12.4. The minimum absolute atomic E-state index is 0.0117. The van der Waals surface area contributed by atoms with E-state index in [2.05, 4.69) is 30.7 Å². The fraction of sp³-hybridized carbons (Fsp3) is 0.273. The van der Waals surface area contributed by atoms with Crippen molar-refractivity contribution in [3.05, 3.63) is 28.1 Å². The number of hydrogen-bond acceptors (Lipinski definition) is 5. The van der Waals surface area contributed by atoms with Crippen LogP contribution in [0.2, 0.25) is 0 Å². The number of pyridine rings is 1. The second-order valence-corrected chi connectivity index (χ2v) is 6.73. The van der Waals surface area contributed by atoms with Crippen LogP contribution in [-0.2, 0) is 17.1 Å². The lowest BCUT2D eigenvalue weighted by atomic mass is 10.3. The predicted molar refractivity (Wildman–Crippen MR) is 79.8 cm³/mol. The molecule has 0 spiro atoms. The van der Waals surface area contributed by atoms with Crippen molar-refractivity contribution >= 4 is 37.5 Å². The molecule has 0 atom stereocenters. The van der Waals surface area contributed by atoms with Crippen LogP contribution in [-0.4, -0.2) is 23.2 Å². The zero-order valence-corrected chi connectivity index (χ0v) is 13.6. The van der Waals surface area contributed by atoms with E-state index in [0.717, 1.165) is 0 Å². The van der Waals surface area contributed by atoms with Gasteiger partial charge in [-0.25, -0.2) is 13.4 Å². The molecule has 0 amide bonds. The summed E-state index contributed by atoms with van der Waals surface area (Å²) in [6, 6.07) is 3.29. The Hall–Kier alpha value is -1.61. The monoisotopic (exact) mass is 359 g/mol. The van der Waals surface area contributed by atoms with E-state index in [0.29, 0.717) is 21.7 Å². The average molecular weight is 360 g/mol. The van der Waals surface area contributed by atoms with Crippen molar-refractivity contribution < 1.29 is 8.42 Å². The van der Waals surface area contributed by atoms with E-state index in [1.165, 1.54) is 4.68 Å². The summed E-state index contributed by atoms with van der Waals surface area (Å²) in [6.07, 6.45) is 0. The molecule has 0 saturated carbocycles. The van der Waals surface area contributed by atoms with Crippen molar-refractivity contribution in [2.75, 3.05) is 10.5 Å². The van der Waals surface area contributed by atoms with E-state index < -0.39 is 10.0 Å². The molecule has 0 radical (unpaired) electrons. The van der Waals surface area contributed by atoms with Gasteiger partial charge in [0.25, 0.3) is 10.0 Å². The largest absolute Gasteiger partial charge is 0.381 e. The van der Waals surface area contributed by atoms with Crippen molar-refractivity contribution in [3.8, 4) is 0 Å². The zero-order chi connectivity index (χ0) is 15.1. The van der Waals surface area contributed by atoms with Gasteiger partial charge < -0.3 is 5.73 Å². The van der Waals surface area contributed by atoms with Gasteiger partial charge in [0.2, 0.25) is 0 Å². The number of sulfonamides is 1. The third-order valence-corrected chi connectivity index (χ3v) is 4.84. The first kappa shape index (κ1) is 14.8. The van der Waals surface area contributed by atoms with Crippen LogP contribution in [0.3, 0.4) is 0 Å². The smallest absolute Gasteiger partial charge is 0.267 e. The van der Waals surface area contributed by atoms with Crippen LogP contribution in [0.15, 0.2) is 21.6 Å². The maximum Gasteiger partial charge on any atom is 0.267 e. The molecule has 20 heavy (non-hydrogen) atoms. The fourth-order valence-corrected chi connectivity index (χ4v) is 3.62. The quantitative estimate of drug-likeness (QED) is 0.809. The number of nitrogens with zero attached hydrogens (tertiary/aromatic N) is 3. The van der Waals surface area contributed by atoms with Gasteiger partial charge in [-0.05, 0) is 41.9 Å². The van der Waals surface area contributed by atoms with Crippen molar-refractivity contribution in [2.45, 2.75) is 18.7 Å². The van der Waals surface area contributed by atoms with Gasteiger partial charge in [-0.15, -0.1) is 0 Å². The molecule has 0 bridgehead atoms. The summed E-state index contributed by atoms with van der Waals surface area (Å²) >= 11 is 3.23. The molecular formula is C11H14BrN5O2S. The molecule has 0 unspecified atom stereocenters. The number of anilines is 2. The van der Waals surface area contributed by atoms with E-state index >= 15 is 0 Å². The molecule has 0 aromatic carbocycles. The second kappa shape index (κ2) is 5.06. The van der Waals surface area contributed by atoms with Gasteiger partial charge in [0.05, 0.1) is 17.1 Å². The highest BCUT2D eigenvalue weighted by atomic mass is 79.9. The zero-order valence-electron chi connectivity index (χ0n) is 11.2. The van der Waals surface area contributed by atoms with Crippen LogP contribution in [0.1, 0.15) is 11.4 Å². The van der Waals surface area contributed by atoms with Crippen LogP contribution < -0.4 is 10.5 Å². The second-order valence-electron chi connectivity index (χ2n) is 4.30. The van der Waals surface area contributed by atoms with Gasteiger partial charge in [-0.2, -0.15) is 5.10 Å². The van der Waals surface area contributed by atoms with Crippen molar-refractivity contribution in [1.82, 2.24) is 14.8 Å². The number of rotatable bonds is 3. The average Bonchev–Trinajstić information content (AvgIpc) is 2.57. The normalized spacial score (nSPS) is 11.6. The summed E-state index contributed by atoms with van der Waals surface area (Å²) in [7, 11) is -2.17. The summed E-state index contributed by atoms with van der Waals surface area (Å²) in [5.41, 5.74) is 7.10. The van der Waals surface area contributed by atoms with Crippen molar-refractivity contribution in [1.29, 1.82) is 0 Å². The number of aryl methyl sites for hydroxylation is 2. The van der Waals surface area contributed by atoms with Crippen molar-refractivity contribution in [2.24, 2.45) is 7.05 Å². The summed E-state index contributed by atoms with van der Waals surface area (Å²) in [6.45, 7) is 3.35. The number of nitrogen functional groups attached to an aromatic ring is 1. The molecule has 2 heterocycles. The summed E-state index contributed by atoms with van der Waals surface area (Å²) in [4.78, 5) is 4.13. The molecule has 7 nitrogen and oxygen atoms in total. The number of nitrogens with one attached hydrogen (secondary N) is 1. The van der Waals surface area contributed by atoms with Crippen LogP contribution in [0.25, 0.3) is 0 Å². The predicted octanol–water partition coefficient (Wildman–Crippen LogP) is 1.58. The molecule has 9 heteroatoms. The number of halogens is 1. The van der Waals surface area contributed by atoms with Gasteiger partial charge in [0, 0.05) is 7.05 Å². The van der Waals surface area contributed by atoms with Crippen LogP contribution in [0.4, 0.5) is 11.5 Å². The molecule has 0 fully saturated rings. The minimum Gasteiger partial charge on any atom is -0.381 e. The molecule has 0 aliphatic rings. The maximum absolute atomic E-state index is 12.4. The number of aromatic nitrogens is 3. The molecule has 2 aromatic heterocycles. The minimum atomic E-state index is -3.80. The fourth-order valence-electron chi connectivity index (χ4n) is 1.78. The van der Waals surface area contributed by atoms with E-state index in [1.807, 2.05) is 0 Å². The van der Waals surface area contributed by atoms with Crippen LogP contribution >= 0.6 is 15.9 Å². The Morgan fingerprint density at radius 1 is 1.35 bits per heavy atom. The summed E-state index contributed by atoms with van der Waals surface area (Å²) in [5, 5.41) is 3.91. The number of nitrogens with two attached hydrogens (primary N) is 1. The van der Waals surface area contributed by atoms with Crippen LogP contribution in [0, 0.1) is 13.8 Å². The Kier molecular flexibility index (Phi) is 3.74. The third-order valence-electron chi connectivity index (χ3n) is 2.87. The van der Waals surface area contributed by atoms with Gasteiger partial charge in [0.1, 0.15) is 4.60 Å². The first-order valence-corrected chi connectivity index (χ1v) is 7.95. The van der Waals surface area contributed by atoms with Crippen molar-refractivity contribution in [3.63, 3.8) is 0 Å². The molecule has 0 saturated heterocycles. The molecule has 2 aromatic rings. The molecule has 0 aliphatic carbocycles. The standard InChI is InChI=1S/C11H14BrN5O2S/c1-6-8(4-5-9(12)14-6)16-20(18,19)10-7(2)17(3)15-11(10)13/h4-5,16H,1-3H3,(H2,13,15). The van der Waals surface area contributed by atoms with E-state index in [1.54, 1.807) is 33.0 Å².